The largest absolute Gasteiger partial charge is 0.494 e. The average Bonchev–Trinajstić information content (AvgIpc) is 3.28. The number of aromatic nitrogens is 2. The molecular formula is C23H25BN2O4. The van der Waals surface area contributed by atoms with E-state index in [0.717, 1.165) is 32.8 Å². The third-order valence-electron chi connectivity index (χ3n) is 6.41. The van der Waals surface area contributed by atoms with Crippen LogP contribution in [0.25, 0.3) is 27.3 Å². The molecule has 154 valence electrons. The average molecular weight is 404 g/mol. The first-order valence-corrected chi connectivity index (χ1v) is 10.3. The van der Waals surface area contributed by atoms with Crippen LogP contribution in [0.3, 0.4) is 0 Å². The van der Waals surface area contributed by atoms with E-state index in [-0.39, 0.29) is 5.97 Å². The van der Waals surface area contributed by atoms with Crippen LogP contribution in [0.4, 0.5) is 0 Å². The second-order valence-electron chi connectivity index (χ2n) is 8.79. The van der Waals surface area contributed by atoms with Crippen molar-refractivity contribution in [2.45, 2.75) is 45.8 Å². The first-order valence-electron chi connectivity index (χ1n) is 10.3. The number of nitrogens with zero attached hydrogens (tertiary/aromatic N) is 1. The number of rotatable bonds is 3. The Balaban J connectivity index is 1.74. The summed E-state index contributed by atoms with van der Waals surface area (Å²) >= 11 is 0. The van der Waals surface area contributed by atoms with E-state index in [1.165, 1.54) is 0 Å². The highest BCUT2D eigenvalue weighted by Crippen LogP contribution is 2.38. The zero-order valence-electron chi connectivity index (χ0n) is 17.9. The number of carbonyl (C=O) groups excluding carboxylic acids is 1. The van der Waals surface area contributed by atoms with E-state index >= 15 is 0 Å². The highest BCUT2D eigenvalue weighted by atomic mass is 16.7. The molecule has 6 nitrogen and oxygen atoms in total. The van der Waals surface area contributed by atoms with Crippen LogP contribution in [-0.2, 0) is 14.0 Å². The second-order valence-corrected chi connectivity index (χ2v) is 8.79. The van der Waals surface area contributed by atoms with Crippen molar-refractivity contribution in [1.82, 2.24) is 9.38 Å². The standard InChI is InChI=1S/C23H25BN2O4/c1-6-28-21(27)20-18-15-13-14(24-29-22(2,3)23(4,5)30-24)10-11-16(15)25-19(18)17-9-7-8-12-26(17)20/h7-13,25H,6H2,1-5H3. The first-order chi connectivity index (χ1) is 14.2. The Morgan fingerprint density at radius 1 is 1.13 bits per heavy atom. The maximum Gasteiger partial charge on any atom is 0.494 e. The predicted octanol–water partition coefficient (Wildman–Crippen LogP) is 4.05. The molecule has 0 unspecified atom stereocenters. The molecule has 0 atom stereocenters. The number of benzene rings is 1. The molecule has 7 heteroatoms. The summed E-state index contributed by atoms with van der Waals surface area (Å²) in [7, 11) is -0.465. The van der Waals surface area contributed by atoms with E-state index in [4.69, 9.17) is 14.0 Å². The maximum absolute atomic E-state index is 12.9. The van der Waals surface area contributed by atoms with Crippen molar-refractivity contribution in [3.8, 4) is 0 Å². The third-order valence-corrected chi connectivity index (χ3v) is 6.41. The summed E-state index contributed by atoms with van der Waals surface area (Å²) < 4.78 is 19.7. The molecule has 0 spiro atoms. The van der Waals surface area contributed by atoms with Crippen molar-refractivity contribution in [1.29, 1.82) is 0 Å². The lowest BCUT2D eigenvalue weighted by Crippen LogP contribution is -2.41. The monoisotopic (exact) mass is 404 g/mol. The fourth-order valence-corrected chi connectivity index (χ4v) is 4.14. The van der Waals surface area contributed by atoms with Crippen molar-refractivity contribution in [3.63, 3.8) is 0 Å². The summed E-state index contributed by atoms with van der Waals surface area (Å²) in [4.78, 5) is 16.4. The smallest absolute Gasteiger partial charge is 0.461 e. The Labute approximate surface area is 175 Å². The molecule has 1 fully saturated rings. The topological polar surface area (TPSA) is 65.0 Å². The number of hydrogen-bond donors (Lipinski definition) is 1. The van der Waals surface area contributed by atoms with E-state index in [0.29, 0.717) is 12.3 Å². The van der Waals surface area contributed by atoms with Crippen LogP contribution < -0.4 is 5.46 Å². The molecule has 30 heavy (non-hydrogen) atoms. The van der Waals surface area contributed by atoms with Crippen molar-refractivity contribution < 1.29 is 18.8 Å². The zero-order chi connectivity index (χ0) is 21.3. The van der Waals surface area contributed by atoms with Crippen LogP contribution in [-0.4, -0.2) is 40.3 Å². The van der Waals surface area contributed by atoms with Gasteiger partial charge in [0.05, 0.1) is 28.8 Å². The molecule has 1 aromatic carbocycles. The maximum atomic E-state index is 12.9. The van der Waals surface area contributed by atoms with E-state index in [9.17, 15) is 4.79 Å². The van der Waals surface area contributed by atoms with Gasteiger partial charge >= 0.3 is 13.1 Å². The molecule has 1 aliphatic heterocycles. The Bertz CT molecular complexity index is 1290. The highest BCUT2D eigenvalue weighted by molar-refractivity contribution is 6.62. The summed E-state index contributed by atoms with van der Waals surface area (Å²) in [6.07, 6.45) is 1.89. The number of pyridine rings is 1. The summed E-state index contributed by atoms with van der Waals surface area (Å²) in [6, 6.07) is 12.0. The number of esters is 1. The molecule has 1 aliphatic rings. The van der Waals surface area contributed by atoms with Crippen LogP contribution in [0.1, 0.15) is 45.1 Å². The van der Waals surface area contributed by atoms with Gasteiger partial charge in [-0.1, -0.05) is 18.2 Å². The van der Waals surface area contributed by atoms with Gasteiger partial charge in [-0.05, 0) is 58.3 Å². The molecule has 0 bridgehead atoms. The number of ether oxygens (including phenoxy) is 1. The van der Waals surface area contributed by atoms with Gasteiger partial charge in [0, 0.05) is 22.5 Å². The van der Waals surface area contributed by atoms with Crippen LogP contribution in [0, 0.1) is 0 Å². The quantitative estimate of drug-likeness (QED) is 0.413. The number of fused-ring (bicyclic) bond motifs is 5. The van der Waals surface area contributed by atoms with Crippen LogP contribution in [0.15, 0.2) is 42.6 Å². The number of H-pyrrole nitrogens is 1. The molecule has 0 aliphatic carbocycles. The highest BCUT2D eigenvalue weighted by Gasteiger charge is 2.51. The van der Waals surface area contributed by atoms with Crippen molar-refractivity contribution in [2.24, 2.45) is 0 Å². The van der Waals surface area contributed by atoms with Crippen molar-refractivity contribution in [3.05, 3.63) is 48.3 Å². The van der Waals surface area contributed by atoms with E-state index < -0.39 is 18.3 Å². The molecule has 0 radical (unpaired) electrons. The van der Waals surface area contributed by atoms with Crippen LogP contribution in [0.2, 0.25) is 0 Å². The Kier molecular flexibility index (Phi) is 4.08. The van der Waals surface area contributed by atoms with Crippen molar-refractivity contribution >= 4 is 45.9 Å². The summed E-state index contributed by atoms with van der Waals surface area (Å²) in [5.41, 5.74) is 3.43. The molecular weight excluding hydrogens is 379 g/mol. The Morgan fingerprint density at radius 3 is 2.57 bits per heavy atom. The summed E-state index contributed by atoms with van der Waals surface area (Å²) in [6.45, 7) is 10.3. The minimum Gasteiger partial charge on any atom is -0.461 e. The minimum absolute atomic E-state index is 0.321. The van der Waals surface area contributed by atoms with E-state index in [1.807, 2.05) is 75.5 Å². The lowest BCUT2D eigenvalue weighted by atomic mass is 9.78. The Morgan fingerprint density at radius 2 is 1.87 bits per heavy atom. The van der Waals surface area contributed by atoms with Gasteiger partial charge in [0.15, 0.2) is 0 Å². The molecule has 5 rings (SSSR count). The second kappa shape index (κ2) is 6.36. The fourth-order valence-electron chi connectivity index (χ4n) is 4.14. The van der Waals surface area contributed by atoms with Gasteiger partial charge < -0.3 is 23.4 Å². The van der Waals surface area contributed by atoms with Gasteiger partial charge in [0.2, 0.25) is 0 Å². The molecule has 1 N–H and O–H groups in total. The van der Waals surface area contributed by atoms with Gasteiger partial charge in [-0.3, -0.25) is 0 Å². The van der Waals surface area contributed by atoms with Crippen molar-refractivity contribution in [2.75, 3.05) is 6.61 Å². The number of hydrogen-bond acceptors (Lipinski definition) is 4. The lowest BCUT2D eigenvalue weighted by Gasteiger charge is -2.32. The fraction of sp³-hybridized carbons (Fsp3) is 0.348. The lowest BCUT2D eigenvalue weighted by molar-refractivity contribution is 0.00578. The zero-order valence-corrected chi connectivity index (χ0v) is 17.9. The first kappa shape index (κ1) is 19.2. The molecule has 3 aromatic heterocycles. The predicted molar refractivity (Wildman–Crippen MR) is 118 cm³/mol. The summed E-state index contributed by atoms with van der Waals surface area (Å²) in [5.74, 6) is -0.337. The molecule has 0 amide bonds. The van der Waals surface area contributed by atoms with Gasteiger partial charge in [0.25, 0.3) is 0 Å². The molecule has 4 heterocycles. The Hall–Kier alpha value is -2.77. The molecule has 4 aromatic rings. The minimum atomic E-state index is -0.465. The molecule has 1 saturated heterocycles. The van der Waals surface area contributed by atoms with Crippen LogP contribution in [0.5, 0.6) is 0 Å². The van der Waals surface area contributed by atoms with E-state index in [1.54, 1.807) is 0 Å². The number of carbonyl (C=O) groups is 1. The number of nitrogens with one attached hydrogen (secondary N) is 1. The normalized spacial score (nSPS) is 18.0. The van der Waals surface area contributed by atoms with Gasteiger partial charge in [-0.2, -0.15) is 0 Å². The number of aromatic amines is 1. The van der Waals surface area contributed by atoms with Gasteiger partial charge in [-0.25, -0.2) is 4.79 Å². The SMILES string of the molecule is CCOC(=O)c1c2c3cc(B4OC(C)(C)C(C)(C)O4)ccc3[nH]c2c2ccccn12. The summed E-state index contributed by atoms with van der Waals surface area (Å²) in [5, 5.41) is 1.80. The molecule has 0 saturated carbocycles. The van der Waals surface area contributed by atoms with Crippen LogP contribution >= 0.6 is 0 Å². The van der Waals surface area contributed by atoms with Gasteiger partial charge in [-0.15, -0.1) is 0 Å². The van der Waals surface area contributed by atoms with Gasteiger partial charge in [0.1, 0.15) is 5.69 Å². The third kappa shape index (κ3) is 2.62. The van der Waals surface area contributed by atoms with E-state index in [2.05, 4.69) is 11.1 Å².